The standard InChI is InChI=1S/C11H7F2NS/c12-8-3-1-4-9(7-8)15-11-6-2-5-10(13)14-11/h1-7H. The number of hydrogen-bond acceptors (Lipinski definition) is 2. The van der Waals surface area contributed by atoms with E-state index in [1.54, 1.807) is 24.3 Å². The van der Waals surface area contributed by atoms with Gasteiger partial charge < -0.3 is 0 Å². The first-order chi connectivity index (χ1) is 7.24. The van der Waals surface area contributed by atoms with Crippen molar-refractivity contribution < 1.29 is 8.78 Å². The molecular weight excluding hydrogens is 216 g/mol. The van der Waals surface area contributed by atoms with Crippen molar-refractivity contribution in [3.63, 3.8) is 0 Å². The van der Waals surface area contributed by atoms with Crippen molar-refractivity contribution in [2.45, 2.75) is 9.92 Å². The van der Waals surface area contributed by atoms with Gasteiger partial charge in [0.25, 0.3) is 0 Å². The smallest absolute Gasteiger partial charge is 0.213 e. The van der Waals surface area contributed by atoms with Crippen molar-refractivity contribution >= 4 is 11.8 Å². The maximum atomic E-state index is 12.8. The highest BCUT2D eigenvalue weighted by Crippen LogP contribution is 2.26. The first-order valence-electron chi connectivity index (χ1n) is 4.30. The minimum atomic E-state index is -0.531. The van der Waals surface area contributed by atoms with E-state index in [1.807, 2.05) is 0 Å². The van der Waals surface area contributed by atoms with Crippen LogP contribution in [0.3, 0.4) is 0 Å². The van der Waals surface area contributed by atoms with Gasteiger partial charge in [-0.1, -0.05) is 23.9 Å². The lowest BCUT2D eigenvalue weighted by Crippen LogP contribution is -1.84. The zero-order chi connectivity index (χ0) is 10.7. The molecule has 2 rings (SSSR count). The molecule has 1 aromatic carbocycles. The summed E-state index contributed by atoms with van der Waals surface area (Å²) in [7, 11) is 0. The normalized spacial score (nSPS) is 10.3. The maximum absolute atomic E-state index is 12.8. The van der Waals surface area contributed by atoms with Crippen LogP contribution in [0.1, 0.15) is 0 Å². The van der Waals surface area contributed by atoms with Gasteiger partial charge in [0.1, 0.15) is 10.8 Å². The second kappa shape index (κ2) is 4.40. The SMILES string of the molecule is Fc1cccc(Sc2cccc(F)n2)c1. The Morgan fingerprint density at radius 3 is 2.53 bits per heavy atom. The fourth-order valence-electron chi connectivity index (χ4n) is 1.10. The summed E-state index contributed by atoms with van der Waals surface area (Å²) < 4.78 is 25.6. The van der Waals surface area contributed by atoms with E-state index >= 15 is 0 Å². The Labute approximate surface area is 90.2 Å². The monoisotopic (exact) mass is 223 g/mol. The fourth-order valence-corrected chi connectivity index (χ4v) is 1.94. The molecule has 0 aliphatic rings. The number of nitrogens with zero attached hydrogens (tertiary/aromatic N) is 1. The van der Waals surface area contributed by atoms with Crippen LogP contribution < -0.4 is 0 Å². The summed E-state index contributed by atoms with van der Waals surface area (Å²) in [6.45, 7) is 0. The van der Waals surface area contributed by atoms with Crippen molar-refractivity contribution in [1.29, 1.82) is 0 Å². The molecule has 0 radical (unpaired) electrons. The summed E-state index contributed by atoms with van der Waals surface area (Å²) in [4.78, 5) is 4.37. The average Bonchev–Trinajstić information content (AvgIpc) is 2.17. The molecule has 0 aliphatic heterocycles. The second-order valence-electron chi connectivity index (χ2n) is 2.86. The summed E-state index contributed by atoms with van der Waals surface area (Å²) in [6, 6.07) is 10.6. The third-order valence-electron chi connectivity index (χ3n) is 1.71. The Morgan fingerprint density at radius 1 is 1.00 bits per heavy atom. The van der Waals surface area contributed by atoms with Crippen molar-refractivity contribution in [1.82, 2.24) is 4.98 Å². The fraction of sp³-hybridized carbons (Fsp3) is 0. The van der Waals surface area contributed by atoms with E-state index in [2.05, 4.69) is 4.98 Å². The zero-order valence-corrected chi connectivity index (χ0v) is 8.47. The molecule has 1 aromatic heterocycles. The van der Waals surface area contributed by atoms with Crippen LogP contribution in [0.4, 0.5) is 8.78 Å². The van der Waals surface area contributed by atoms with E-state index in [4.69, 9.17) is 0 Å². The van der Waals surface area contributed by atoms with Gasteiger partial charge in [-0.2, -0.15) is 4.39 Å². The van der Waals surface area contributed by atoms with Crippen LogP contribution in [0.15, 0.2) is 52.4 Å². The number of hydrogen-bond donors (Lipinski definition) is 0. The number of pyridine rings is 1. The van der Waals surface area contributed by atoms with Gasteiger partial charge in [0.2, 0.25) is 5.95 Å². The van der Waals surface area contributed by atoms with Crippen LogP contribution in [-0.2, 0) is 0 Å². The molecule has 4 heteroatoms. The summed E-state index contributed by atoms with van der Waals surface area (Å²) in [5, 5.41) is 0.514. The number of benzene rings is 1. The first kappa shape index (κ1) is 10.1. The predicted molar refractivity (Wildman–Crippen MR) is 54.7 cm³/mol. The third-order valence-corrected chi connectivity index (χ3v) is 2.63. The van der Waals surface area contributed by atoms with Gasteiger partial charge >= 0.3 is 0 Å². The lowest BCUT2D eigenvalue weighted by Gasteiger charge is -2.00. The van der Waals surface area contributed by atoms with E-state index in [9.17, 15) is 8.78 Å². The second-order valence-corrected chi connectivity index (χ2v) is 3.95. The summed E-state index contributed by atoms with van der Waals surface area (Å²) >= 11 is 1.22. The number of rotatable bonds is 2. The van der Waals surface area contributed by atoms with Crippen molar-refractivity contribution in [3.8, 4) is 0 Å². The number of halogens is 2. The molecule has 0 spiro atoms. The highest BCUT2D eigenvalue weighted by molar-refractivity contribution is 7.99. The molecule has 0 amide bonds. The maximum Gasteiger partial charge on any atom is 0.213 e. The molecule has 0 fully saturated rings. The molecule has 0 unspecified atom stereocenters. The van der Waals surface area contributed by atoms with Crippen LogP contribution in [0, 0.1) is 11.8 Å². The van der Waals surface area contributed by atoms with Gasteiger partial charge in [-0.15, -0.1) is 0 Å². The molecule has 2 aromatic rings. The average molecular weight is 223 g/mol. The summed E-state index contributed by atoms with van der Waals surface area (Å²) in [5.41, 5.74) is 0. The van der Waals surface area contributed by atoms with Crippen molar-refractivity contribution in [2.75, 3.05) is 0 Å². The van der Waals surface area contributed by atoms with Crippen LogP contribution in [0.2, 0.25) is 0 Å². The molecular formula is C11H7F2NS. The molecule has 0 saturated heterocycles. The quantitative estimate of drug-likeness (QED) is 0.722. The topological polar surface area (TPSA) is 12.9 Å². The molecule has 0 atom stereocenters. The minimum Gasteiger partial charge on any atom is -0.213 e. The molecule has 0 bridgehead atoms. The Kier molecular flexibility index (Phi) is 2.97. The van der Waals surface area contributed by atoms with E-state index in [0.29, 0.717) is 9.92 Å². The van der Waals surface area contributed by atoms with Crippen molar-refractivity contribution in [3.05, 3.63) is 54.2 Å². The lowest BCUT2D eigenvalue weighted by atomic mass is 10.4. The van der Waals surface area contributed by atoms with E-state index in [-0.39, 0.29) is 5.82 Å². The lowest BCUT2D eigenvalue weighted by molar-refractivity contribution is 0.572. The highest BCUT2D eigenvalue weighted by Gasteiger charge is 2.00. The van der Waals surface area contributed by atoms with Crippen LogP contribution in [0.25, 0.3) is 0 Å². The molecule has 0 N–H and O–H groups in total. The summed E-state index contributed by atoms with van der Waals surface area (Å²) in [5.74, 6) is -0.840. The molecule has 1 heterocycles. The Balaban J connectivity index is 2.22. The van der Waals surface area contributed by atoms with E-state index < -0.39 is 5.95 Å². The molecule has 76 valence electrons. The van der Waals surface area contributed by atoms with Gasteiger partial charge in [0.15, 0.2) is 0 Å². The third kappa shape index (κ3) is 2.76. The van der Waals surface area contributed by atoms with Gasteiger partial charge in [0, 0.05) is 4.90 Å². The number of aromatic nitrogens is 1. The Morgan fingerprint density at radius 2 is 1.80 bits per heavy atom. The summed E-state index contributed by atoms with van der Waals surface area (Å²) in [6.07, 6.45) is 0. The van der Waals surface area contributed by atoms with E-state index in [1.165, 1.54) is 30.0 Å². The van der Waals surface area contributed by atoms with Crippen molar-refractivity contribution in [2.24, 2.45) is 0 Å². The van der Waals surface area contributed by atoms with Gasteiger partial charge in [-0.3, -0.25) is 0 Å². The largest absolute Gasteiger partial charge is 0.213 e. The molecule has 1 nitrogen and oxygen atoms in total. The molecule has 0 saturated carbocycles. The van der Waals surface area contributed by atoms with Gasteiger partial charge in [0.05, 0.1) is 0 Å². The van der Waals surface area contributed by atoms with Crippen LogP contribution >= 0.6 is 11.8 Å². The molecule has 0 aliphatic carbocycles. The van der Waals surface area contributed by atoms with Crippen LogP contribution in [-0.4, -0.2) is 4.98 Å². The zero-order valence-electron chi connectivity index (χ0n) is 7.65. The highest BCUT2D eigenvalue weighted by atomic mass is 32.2. The van der Waals surface area contributed by atoms with Gasteiger partial charge in [-0.25, -0.2) is 9.37 Å². The Hall–Kier alpha value is -1.42. The molecule has 15 heavy (non-hydrogen) atoms. The van der Waals surface area contributed by atoms with Gasteiger partial charge in [-0.05, 0) is 30.3 Å². The Bertz CT molecular complexity index is 430. The first-order valence-corrected chi connectivity index (χ1v) is 5.12. The van der Waals surface area contributed by atoms with E-state index in [0.717, 1.165) is 0 Å². The predicted octanol–water partition coefficient (Wildman–Crippen LogP) is 3.51. The van der Waals surface area contributed by atoms with Crippen LogP contribution in [0.5, 0.6) is 0 Å². The minimum absolute atomic E-state index is 0.309.